The van der Waals surface area contributed by atoms with Crippen LogP contribution in [-0.2, 0) is 23.1 Å². The van der Waals surface area contributed by atoms with Gasteiger partial charge in [0.15, 0.2) is 0 Å². The van der Waals surface area contributed by atoms with Gasteiger partial charge in [-0.3, -0.25) is 0 Å². The summed E-state index contributed by atoms with van der Waals surface area (Å²) in [6.45, 7) is 6.50. The van der Waals surface area contributed by atoms with Crippen LogP contribution in [0.4, 0.5) is 17.6 Å². The van der Waals surface area contributed by atoms with E-state index in [2.05, 4.69) is 4.72 Å². The molecule has 0 amide bonds. The summed E-state index contributed by atoms with van der Waals surface area (Å²) in [7, 11) is -3.45. The van der Waals surface area contributed by atoms with Gasteiger partial charge in [0.25, 0.3) is 6.43 Å². The Morgan fingerprint density at radius 1 is 1.12 bits per heavy atom. The van der Waals surface area contributed by atoms with Gasteiger partial charge in [0.2, 0.25) is 10.0 Å². The van der Waals surface area contributed by atoms with Crippen molar-refractivity contribution in [1.29, 1.82) is 0 Å². The number of hydrogen-bond acceptors (Lipinski definition) is 2. The monoisotopic (exact) mass is 482 g/mol. The number of rotatable bonds is 7. The molecule has 33 heavy (non-hydrogen) atoms. The quantitative estimate of drug-likeness (QED) is 0.411. The second kappa shape index (κ2) is 8.43. The maximum Gasteiger partial charge on any atom is 0.264 e. The first kappa shape index (κ1) is 23.8. The summed E-state index contributed by atoms with van der Waals surface area (Å²) in [5.74, 6) is -1.79. The third-order valence-corrected chi connectivity index (χ3v) is 7.57. The number of halogens is 4. The number of fused-ring (bicyclic) bond motifs is 1. The van der Waals surface area contributed by atoms with E-state index in [-0.39, 0.29) is 17.5 Å². The van der Waals surface area contributed by atoms with Crippen molar-refractivity contribution in [1.82, 2.24) is 9.29 Å². The number of sulfonamides is 1. The number of nitrogens with one attached hydrogen (secondary N) is 1. The van der Waals surface area contributed by atoms with Gasteiger partial charge >= 0.3 is 0 Å². The van der Waals surface area contributed by atoms with Crippen LogP contribution in [0.15, 0.2) is 36.5 Å². The summed E-state index contributed by atoms with van der Waals surface area (Å²) in [5, 5.41) is 0.0616. The molecule has 3 aromatic rings. The molecule has 0 aliphatic heterocycles. The Hall–Kier alpha value is -2.39. The first-order valence-corrected chi connectivity index (χ1v) is 12.3. The summed E-state index contributed by atoms with van der Waals surface area (Å²) in [6.07, 6.45) is 0.00589. The Morgan fingerprint density at radius 2 is 1.82 bits per heavy atom. The Bertz CT molecular complexity index is 1310. The van der Waals surface area contributed by atoms with E-state index in [1.54, 1.807) is 6.20 Å². The molecule has 0 bridgehead atoms. The molecule has 1 aliphatic carbocycles. The van der Waals surface area contributed by atoms with E-state index in [4.69, 9.17) is 0 Å². The van der Waals surface area contributed by atoms with Crippen LogP contribution in [0.3, 0.4) is 0 Å². The molecule has 178 valence electrons. The van der Waals surface area contributed by atoms with Gasteiger partial charge in [-0.05, 0) is 42.0 Å². The fraction of sp³-hybridized carbons (Fsp3) is 0.417. The fourth-order valence-electron chi connectivity index (χ4n) is 4.04. The minimum absolute atomic E-state index is 0.0206. The molecule has 1 saturated carbocycles. The Morgan fingerprint density at radius 3 is 2.42 bits per heavy atom. The lowest BCUT2D eigenvalue weighted by atomic mass is 9.96. The van der Waals surface area contributed by atoms with E-state index in [0.717, 1.165) is 12.1 Å². The van der Waals surface area contributed by atoms with E-state index in [9.17, 15) is 21.6 Å². The van der Waals surface area contributed by atoms with Gasteiger partial charge in [-0.1, -0.05) is 32.9 Å². The molecule has 9 heteroatoms. The predicted molar refractivity (Wildman–Crippen MR) is 120 cm³/mol. The largest absolute Gasteiger partial charge is 0.347 e. The van der Waals surface area contributed by atoms with Crippen LogP contribution >= 0.6 is 0 Å². The highest BCUT2D eigenvalue weighted by Crippen LogP contribution is 2.38. The summed E-state index contributed by atoms with van der Waals surface area (Å²) in [6, 6.07) is 5.82. The number of aromatic nitrogens is 1. The van der Waals surface area contributed by atoms with Crippen LogP contribution < -0.4 is 4.72 Å². The van der Waals surface area contributed by atoms with Gasteiger partial charge in [0.1, 0.15) is 11.6 Å². The predicted octanol–water partition coefficient (Wildman–Crippen LogP) is 6.15. The first-order valence-electron chi connectivity index (χ1n) is 10.7. The second-order valence-electron chi connectivity index (χ2n) is 9.76. The molecular formula is C24H26F4N2O2S. The molecule has 0 atom stereocenters. The Labute approximate surface area is 190 Å². The maximum absolute atomic E-state index is 15.2. The fourth-order valence-corrected chi connectivity index (χ4v) is 5.39. The highest BCUT2D eigenvalue weighted by molar-refractivity contribution is 7.90. The molecule has 1 heterocycles. The molecule has 0 saturated heterocycles. The van der Waals surface area contributed by atoms with Gasteiger partial charge in [0, 0.05) is 46.9 Å². The molecule has 2 aromatic carbocycles. The topological polar surface area (TPSA) is 51.1 Å². The van der Waals surface area contributed by atoms with Crippen molar-refractivity contribution in [3.05, 3.63) is 59.3 Å². The van der Waals surface area contributed by atoms with Crippen LogP contribution in [-0.4, -0.2) is 18.2 Å². The van der Waals surface area contributed by atoms with Crippen LogP contribution in [0.25, 0.3) is 22.0 Å². The second-order valence-corrected chi connectivity index (χ2v) is 11.8. The zero-order valence-electron chi connectivity index (χ0n) is 18.6. The summed E-state index contributed by atoms with van der Waals surface area (Å²) >= 11 is 0. The van der Waals surface area contributed by atoms with E-state index in [0.29, 0.717) is 35.9 Å². The smallest absolute Gasteiger partial charge is 0.264 e. The third kappa shape index (κ3) is 4.94. The van der Waals surface area contributed by atoms with Crippen LogP contribution in [0.5, 0.6) is 0 Å². The third-order valence-electron chi connectivity index (χ3n) is 5.67. The van der Waals surface area contributed by atoms with Crippen LogP contribution in [0.2, 0.25) is 0 Å². The van der Waals surface area contributed by atoms with Gasteiger partial charge < -0.3 is 4.57 Å². The van der Waals surface area contributed by atoms with Crippen LogP contribution in [0, 0.1) is 17.0 Å². The molecule has 1 aliphatic rings. The molecule has 4 nitrogen and oxygen atoms in total. The lowest BCUT2D eigenvalue weighted by molar-refractivity contribution is 0.151. The molecular weight excluding hydrogens is 456 g/mol. The summed E-state index contributed by atoms with van der Waals surface area (Å²) in [4.78, 5) is 0. The first-order chi connectivity index (χ1) is 15.4. The van der Waals surface area contributed by atoms with Crippen molar-refractivity contribution in [2.45, 2.75) is 58.4 Å². The molecule has 1 N–H and O–H groups in total. The zero-order chi connectivity index (χ0) is 24.1. The van der Waals surface area contributed by atoms with Crippen molar-refractivity contribution in [2.24, 2.45) is 5.41 Å². The molecule has 0 spiro atoms. The number of nitrogens with zero attached hydrogens (tertiary/aromatic N) is 1. The highest BCUT2D eigenvalue weighted by atomic mass is 32.2. The zero-order valence-corrected chi connectivity index (χ0v) is 19.4. The van der Waals surface area contributed by atoms with Gasteiger partial charge in [0.05, 0.1) is 5.25 Å². The molecule has 1 aromatic heterocycles. The van der Waals surface area contributed by atoms with E-state index >= 15 is 4.39 Å². The number of hydrogen-bond donors (Lipinski definition) is 1. The summed E-state index contributed by atoms with van der Waals surface area (Å²) in [5.41, 5.74) is -0.408. The SMILES string of the molecule is CC(C)(C)Cn1cc(CNS(=O)(=O)C2CC2)c2cc(F)c(-c3c(F)cccc3C(F)F)cc21. The maximum atomic E-state index is 15.2. The average Bonchev–Trinajstić information content (AvgIpc) is 3.51. The van der Waals surface area contributed by atoms with Gasteiger partial charge in [-0.25, -0.2) is 30.7 Å². The Balaban J connectivity index is 1.86. The lowest BCUT2D eigenvalue weighted by Gasteiger charge is -2.20. The standard InChI is InChI=1S/C24H26F4N2O2S/c1-24(2,3)13-30-12-14(11-29-33(31,32)15-7-8-15)17-9-20(26)18(10-21(17)30)22-16(23(27)28)5-4-6-19(22)25/h4-6,9-10,12,15,23,29H,7-8,11,13H2,1-3H3. The molecule has 4 rings (SSSR count). The minimum Gasteiger partial charge on any atom is -0.347 e. The van der Waals surface area contributed by atoms with E-state index < -0.39 is 44.5 Å². The van der Waals surface area contributed by atoms with Crippen molar-refractivity contribution < 1.29 is 26.0 Å². The minimum atomic E-state index is -3.45. The number of alkyl halides is 2. The van der Waals surface area contributed by atoms with Crippen molar-refractivity contribution in [2.75, 3.05) is 0 Å². The molecule has 0 unspecified atom stereocenters. The molecule has 1 fully saturated rings. The lowest BCUT2D eigenvalue weighted by Crippen LogP contribution is -2.26. The van der Waals surface area contributed by atoms with E-state index in [1.165, 1.54) is 18.2 Å². The molecule has 0 radical (unpaired) electrons. The van der Waals surface area contributed by atoms with Crippen molar-refractivity contribution >= 4 is 20.9 Å². The van der Waals surface area contributed by atoms with Crippen LogP contribution in [0.1, 0.15) is 51.2 Å². The summed E-state index contributed by atoms with van der Waals surface area (Å²) < 4.78 is 85.9. The normalized spacial score (nSPS) is 15.0. The van der Waals surface area contributed by atoms with Crippen molar-refractivity contribution in [3.63, 3.8) is 0 Å². The highest BCUT2D eigenvalue weighted by Gasteiger charge is 2.35. The average molecular weight is 483 g/mol. The van der Waals surface area contributed by atoms with Gasteiger partial charge in [-0.2, -0.15) is 0 Å². The van der Waals surface area contributed by atoms with Crippen molar-refractivity contribution in [3.8, 4) is 11.1 Å². The Kier molecular flexibility index (Phi) is 6.07. The van der Waals surface area contributed by atoms with E-state index in [1.807, 2.05) is 25.3 Å². The van der Waals surface area contributed by atoms with Gasteiger partial charge in [-0.15, -0.1) is 0 Å². The number of benzene rings is 2.